The molecule has 0 aliphatic heterocycles. The molecule has 2 aromatic rings. The van der Waals surface area contributed by atoms with Gasteiger partial charge in [-0.1, -0.05) is 59.3 Å². The Morgan fingerprint density at radius 1 is 1.19 bits per heavy atom. The van der Waals surface area contributed by atoms with E-state index in [4.69, 9.17) is 0 Å². The van der Waals surface area contributed by atoms with E-state index in [9.17, 15) is 4.79 Å². The minimum atomic E-state index is 0.0585. The first-order valence-corrected chi connectivity index (χ1v) is 7.98. The van der Waals surface area contributed by atoms with Crippen LogP contribution in [0, 0.1) is 6.92 Å². The van der Waals surface area contributed by atoms with Gasteiger partial charge in [-0.25, -0.2) is 0 Å². The smallest absolute Gasteiger partial charge is 0.224 e. The van der Waals surface area contributed by atoms with E-state index in [-0.39, 0.29) is 11.9 Å². The van der Waals surface area contributed by atoms with Gasteiger partial charge in [0.15, 0.2) is 0 Å². The van der Waals surface area contributed by atoms with E-state index in [0.29, 0.717) is 6.42 Å². The zero-order valence-electron chi connectivity index (χ0n) is 12.4. The Hall–Kier alpha value is -1.61. The predicted molar refractivity (Wildman–Crippen MR) is 90.2 cm³/mol. The molecule has 2 rings (SSSR count). The monoisotopic (exact) mass is 345 g/mol. The Labute approximate surface area is 134 Å². The summed E-state index contributed by atoms with van der Waals surface area (Å²) in [5.41, 5.74) is 3.43. The Morgan fingerprint density at radius 2 is 1.95 bits per heavy atom. The first-order valence-electron chi connectivity index (χ1n) is 7.19. The van der Waals surface area contributed by atoms with Crippen LogP contribution in [0.5, 0.6) is 0 Å². The SMILES string of the molecule is CCC(NC(=O)Cc1cccc(Br)c1)c1ccccc1C. The lowest BCUT2D eigenvalue weighted by atomic mass is 9.99. The highest BCUT2D eigenvalue weighted by Gasteiger charge is 2.14. The molecule has 0 bridgehead atoms. The summed E-state index contributed by atoms with van der Waals surface area (Å²) in [7, 11) is 0. The zero-order chi connectivity index (χ0) is 15.2. The standard InChI is InChI=1S/C18H20BrNO/c1-3-17(16-10-5-4-7-13(16)2)20-18(21)12-14-8-6-9-15(19)11-14/h4-11,17H,3,12H2,1-2H3,(H,20,21). The molecule has 0 aromatic heterocycles. The number of carbonyl (C=O) groups is 1. The Kier molecular flexibility index (Phi) is 5.57. The van der Waals surface area contributed by atoms with Crippen molar-refractivity contribution in [1.82, 2.24) is 5.32 Å². The number of hydrogen-bond donors (Lipinski definition) is 1. The first kappa shape index (κ1) is 15.8. The lowest BCUT2D eigenvalue weighted by molar-refractivity contribution is -0.121. The van der Waals surface area contributed by atoms with Gasteiger partial charge >= 0.3 is 0 Å². The fourth-order valence-electron chi connectivity index (χ4n) is 2.46. The predicted octanol–water partition coefficient (Wildman–Crippen LogP) is 4.57. The van der Waals surface area contributed by atoms with Crippen molar-refractivity contribution in [2.45, 2.75) is 32.7 Å². The second-order valence-corrected chi connectivity index (χ2v) is 6.11. The number of halogens is 1. The highest BCUT2D eigenvalue weighted by molar-refractivity contribution is 9.10. The van der Waals surface area contributed by atoms with Crippen molar-refractivity contribution < 1.29 is 4.79 Å². The maximum absolute atomic E-state index is 12.3. The summed E-state index contributed by atoms with van der Waals surface area (Å²) in [4.78, 5) is 12.3. The van der Waals surface area contributed by atoms with E-state index >= 15 is 0 Å². The molecule has 0 aliphatic rings. The molecule has 3 heteroatoms. The van der Waals surface area contributed by atoms with Gasteiger partial charge in [0.1, 0.15) is 0 Å². The number of nitrogens with one attached hydrogen (secondary N) is 1. The largest absolute Gasteiger partial charge is 0.349 e. The molecule has 0 aliphatic carbocycles. The molecule has 1 unspecified atom stereocenters. The van der Waals surface area contributed by atoms with Gasteiger partial charge in [0.25, 0.3) is 0 Å². The molecule has 110 valence electrons. The fraction of sp³-hybridized carbons (Fsp3) is 0.278. The van der Waals surface area contributed by atoms with Gasteiger partial charge < -0.3 is 5.32 Å². The topological polar surface area (TPSA) is 29.1 Å². The van der Waals surface area contributed by atoms with Gasteiger partial charge in [0.05, 0.1) is 12.5 Å². The summed E-state index contributed by atoms with van der Waals surface area (Å²) in [6.07, 6.45) is 1.29. The van der Waals surface area contributed by atoms with E-state index in [2.05, 4.69) is 47.2 Å². The van der Waals surface area contributed by atoms with Crippen LogP contribution in [-0.4, -0.2) is 5.91 Å². The van der Waals surface area contributed by atoms with Crippen molar-refractivity contribution in [3.63, 3.8) is 0 Å². The van der Waals surface area contributed by atoms with Crippen LogP contribution < -0.4 is 5.32 Å². The average molecular weight is 346 g/mol. The van der Waals surface area contributed by atoms with Gasteiger partial charge in [0.2, 0.25) is 5.91 Å². The number of hydrogen-bond acceptors (Lipinski definition) is 1. The number of aryl methyl sites for hydroxylation is 1. The summed E-state index contributed by atoms with van der Waals surface area (Å²) in [6.45, 7) is 4.18. The summed E-state index contributed by atoms with van der Waals surface area (Å²) in [6, 6.07) is 16.1. The Morgan fingerprint density at radius 3 is 2.62 bits per heavy atom. The third kappa shape index (κ3) is 4.43. The molecule has 2 aromatic carbocycles. The maximum Gasteiger partial charge on any atom is 0.224 e. The zero-order valence-corrected chi connectivity index (χ0v) is 14.0. The summed E-state index contributed by atoms with van der Waals surface area (Å²) in [5.74, 6) is 0.0585. The van der Waals surface area contributed by atoms with Gasteiger partial charge in [-0.15, -0.1) is 0 Å². The lowest BCUT2D eigenvalue weighted by Crippen LogP contribution is -2.29. The van der Waals surface area contributed by atoms with Crippen LogP contribution in [0.1, 0.15) is 36.1 Å². The van der Waals surface area contributed by atoms with Crippen molar-refractivity contribution in [2.24, 2.45) is 0 Å². The molecule has 0 saturated heterocycles. The number of carbonyl (C=O) groups excluding carboxylic acids is 1. The van der Waals surface area contributed by atoms with Crippen LogP contribution in [-0.2, 0) is 11.2 Å². The molecule has 0 radical (unpaired) electrons. The minimum Gasteiger partial charge on any atom is -0.349 e. The normalized spacial score (nSPS) is 12.0. The van der Waals surface area contributed by atoms with Gasteiger partial charge in [0, 0.05) is 4.47 Å². The Balaban J connectivity index is 2.05. The second-order valence-electron chi connectivity index (χ2n) is 5.19. The van der Waals surface area contributed by atoms with Gasteiger partial charge in [-0.05, 0) is 42.2 Å². The molecule has 0 fully saturated rings. The molecule has 21 heavy (non-hydrogen) atoms. The molecule has 1 amide bonds. The van der Waals surface area contributed by atoms with Crippen LogP contribution in [0.4, 0.5) is 0 Å². The number of amides is 1. The minimum absolute atomic E-state index is 0.0585. The molecule has 1 N–H and O–H groups in total. The molecular weight excluding hydrogens is 326 g/mol. The van der Waals surface area contributed by atoms with Crippen molar-refractivity contribution in [1.29, 1.82) is 0 Å². The van der Waals surface area contributed by atoms with E-state index in [1.807, 2.05) is 36.4 Å². The van der Waals surface area contributed by atoms with Crippen LogP contribution in [0.2, 0.25) is 0 Å². The van der Waals surface area contributed by atoms with Crippen molar-refractivity contribution in [3.8, 4) is 0 Å². The summed E-state index contributed by atoms with van der Waals surface area (Å²) >= 11 is 3.43. The molecule has 0 heterocycles. The number of rotatable bonds is 5. The summed E-state index contributed by atoms with van der Waals surface area (Å²) < 4.78 is 0.999. The quantitative estimate of drug-likeness (QED) is 0.844. The molecular formula is C18H20BrNO. The molecule has 1 atom stereocenters. The van der Waals surface area contributed by atoms with Crippen molar-refractivity contribution >= 4 is 21.8 Å². The number of benzene rings is 2. The Bertz CT molecular complexity index is 624. The van der Waals surface area contributed by atoms with Crippen LogP contribution in [0.15, 0.2) is 53.0 Å². The van der Waals surface area contributed by atoms with Gasteiger partial charge in [-0.2, -0.15) is 0 Å². The molecule has 2 nitrogen and oxygen atoms in total. The fourth-order valence-corrected chi connectivity index (χ4v) is 2.90. The lowest BCUT2D eigenvalue weighted by Gasteiger charge is -2.19. The van der Waals surface area contributed by atoms with Crippen LogP contribution in [0.25, 0.3) is 0 Å². The van der Waals surface area contributed by atoms with E-state index in [1.54, 1.807) is 0 Å². The maximum atomic E-state index is 12.3. The first-order chi connectivity index (χ1) is 10.1. The second kappa shape index (κ2) is 7.41. The highest BCUT2D eigenvalue weighted by Crippen LogP contribution is 2.20. The average Bonchev–Trinajstić information content (AvgIpc) is 2.45. The van der Waals surface area contributed by atoms with Crippen molar-refractivity contribution in [2.75, 3.05) is 0 Å². The van der Waals surface area contributed by atoms with E-state index < -0.39 is 0 Å². The van der Waals surface area contributed by atoms with Crippen LogP contribution >= 0.6 is 15.9 Å². The highest BCUT2D eigenvalue weighted by atomic mass is 79.9. The van der Waals surface area contributed by atoms with Crippen LogP contribution in [0.3, 0.4) is 0 Å². The van der Waals surface area contributed by atoms with E-state index in [1.165, 1.54) is 11.1 Å². The van der Waals surface area contributed by atoms with Crippen molar-refractivity contribution in [3.05, 3.63) is 69.7 Å². The third-order valence-electron chi connectivity index (χ3n) is 3.56. The van der Waals surface area contributed by atoms with E-state index in [0.717, 1.165) is 16.5 Å². The summed E-state index contributed by atoms with van der Waals surface area (Å²) in [5, 5.41) is 3.14. The van der Waals surface area contributed by atoms with Gasteiger partial charge in [-0.3, -0.25) is 4.79 Å². The third-order valence-corrected chi connectivity index (χ3v) is 4.05. The molecule has 0 spiro atoms. The molecule has 0 saturated carbocycles.